The lowest BCUT2D eigenvalue weighted by atomic mass is 9.78. The largest absolute Gasteiger partial charge is 0.361 e. The normalized spacial score (nSPS) is 28.1. The highest BCUT2D eigenvalue weighted by Gasteiger charge is 2.35. The molecule has 1 fully saturated rings. The van der Waals surface area contributed by atoms with Gasteiger partial charge in [0, 0.05) is 11.4 Å². The Kier molecular flexibility index (Phi) is 4.10. The Morgan fingerprint density at radius 2 is 2.28 bits per heavy atom. The van der Waals surface area contributed by atoms with E-state index in [-0.39, 0.29) is 11.4 Å². The summed E-state index contributed by atoms with van der Waals surface area (Å²) in [7, 11) is 0. The van der Waals surface area contributed by atoms with Crippen molar-refractivity contribution in [2.45, 2.75) is 45.1 Å². The van der Waals surface area contributed by atoms with Gasteiger partial charge in [-0.15, -0.1) is 0 Å². The maximum Gasteiger partial charge on any atom is 0.273 e. The Balaban J connectivity index is 2.04. The smallest absolute Gasteiger partial charge is 0.273 e. The van der Waals surface area contributed by atoms with Gasteiger partial charge < -0.3 is 9.84 Å². The van der Waals surface area contributed by atoms with Gasteiger partial charge in [0.2, 0.25) is 0 Å². The molecule has 0 aromatic carbocycles. The van der Waals surface area contributed by atoms with E-state index < -0.39 is 0 Å². The SMILES string of the molecule is Cc1cc(C(=O)NC2(CBr)CCC(C)CC2)no1. The number of hydrogen-bond acceptors (Lipinski definition) is 3. The molecular weight excluding hydrogens is 296 g/mol. The molecule has 0 spiro atoms. The van der Waals surface area contributed by atoms with Crippen molar-refractivity contribution >= 4 is 21.8 Å². The summed E-state index contributed by atoms with van der Waals surface area (Å²) in [4.78, 5) is 12.1. The number of carbonyl (C=O) groups excluding carboxylic acids is 1. The predicted molar refractivity (Wildman–Crippen MR) is 72.9 cm³/mol. The van der Waals surface area contributed by atoms with Crippen LogP contribution in [-0.2, 0) is 0 Å². The second-order valence-corrected chi connectivity index (χ2v) is 5.93. The minimum atomic E-state index is -0.138. The van der Waals surface area contributed by atoms with E-state index in [0.717, 1.165) is 36.9 Å². The van der Waals surface area contributed by atoms with Gasteiger partial charge in [-0.25, -0.2) is 0 Å². The molecule has 2 rings (SSSR count). The zero-order valence-electron chi connectivity index (χ0n) is 10.8. The summed E-state index contributed by atoms with van der Waals surface area (Å²) >= 11 is 3.54. The molecular formula is C13H19BrN2O2. The number of aromatic nitrogens is 1. The van der Waals surface area contributed by atoms with Crippen LogP contribution in [0.2, 0.25) is 0 Å². The monoisotopic (exact) mass is 314 g/mol. The number of amides is 1. The van der Waals surface area contributed by atoms with E-state index in [0.29, 0.717) is 11.5 Å². The summed E-state index contributed by atoms with van der Waals surface area (Å²) in [5.41, 5.74) is 0.239. The van der Waals surface area contributed by atoms with Crippen LogP contribution in [-0.4, -0.2) is 21.9 Å². The van der Waals surface area contributed by atoms with Crippen LogP contribution in [0.5, 0.6) is 0 Å². The lowest BCUT2D eigenvalue weighted by Gasteiger charge is -2.38. The van der Waals surface area contributed by atoms with Gasteiger partial charge in [-0.2, -0.15) is 0 Å². The Labute approximate surface area is 116 Å². The number of halogens is 1. The Morgan fingerprint density at radius 1 is 1.61 bits per heavy atom. The van der Waals surface area contributed by atoms with Crippen LogP contribution >= 0.6 is 15.9 Å². The van der Waals surface area contributed by atoms with Crippen molar-refractivity contribution in [3.05, 3.63) is 17.5 Å². The fourth-order valence-corrected chi connectivity index (χ4v) is 3.09. The quantitative estimate of drug-likeness (QED) is 0.872. The van der Waals surface area contributed by atoms with Crippen molar-refractivity contribution in [2.24, 2.45) is 5.92 Å². The van der Waals surface area contributed by atoms with E-state index in [2.05, 4.69) is 33.3 Å². The molecule has 5 heteroatoms. The standard InChI is InChI=1S/C13H19BrN2O2/c1-9-3-5-13(8-14,6-4-9)15-12(17)11-7-10(2)18-16-11/h7,9H,3-6,8H2,1-2H3,(H,15,17). The summed E-state index contributed by atoms with van der Waals surface area (Å²) in [6, 6.07) is 1.67. The van der Waals surface area contributed by atoms with Gasteiger partial charge in [0.25, 0.3) is 5.91 Å². The van der Waals surface area contributed by atoms with E-state index in [1.165, 1.54) is 0 Å². The maximum absolute atomic E-state index is 12.1. The molecule has 0 bridgehead atoms. The molecule has 1 aliphatic carbocycles. The van der Waals surface area contributed by atoms with Crippen LogP contribution in [0.25, 0.3) is 0 Å². The van der Waals surface area contributed by atoms with E-state index in [9.17, 15) is 4.79 Å². The minimum Gasteiger partial charge on any atom is -0.361 e. The highest BCUT2D eigenvalue weighted by Crippen LogP contribution is 2.33. The molecule has 18 heavy (non-hydrogen) atoms. The number of alkyl halides is 1. The molecule has 1 aromatic heterocycles. The van der Waals surface area contributed by atoms with Crippen molar-refractivity contribution in [1.82, 2.24) is 10.5 Å². The molecule has 1 aromatic rings. The summed E-state index contributed by atoms with van der Waals surface area (Å²) < 4.78 is 4.94. The van der Waals surface area contributed by atoms with Crippen LogP contribution in [0, 0.1) is 12.8 Å². The second kappa shape index (κ2) is 5.43. The topological polar surface area (TPSA) is 55.1 Å². The fraction of sp³-hybridized carbons (Fsp3) is 0.692. The number of rotatable bonds is 3. The van der Waals surface area contributed by atoms with Gasteiger partial charge in [0.15, 0.2) is 5.69 Å². The molecule has 1 saturated carbocycles. The third kappa shape index (κ3) is 2.94. The third-order valence-electron chi connectivity index (χ3n) is 3.73. The third-order valence-corrected chi connectivity index (χ3v) is 4.80. The number of aryl methyl sites for hydroxylation is 1. The molecule has 1 aliphatic rings. The van der Waals surface area contributed by atoms with Crippen LogP contribution in [0.1, 0.15) is 48.9 Å². The van der Waals surface area contributed by atoms with Gasteiger partial charge in [-0.3, -0.25) is 4.79 Å². The first-order chi connectivity index (χ1) is 8.54. The molecule has 0 aliphatic heterocycles. The van der Waals surface area contributed by atoms with Gasteiger partial charge in [-0.1, -0.05) is 28.0 Å². The van der Waals surface area contributed by atoms with Crippen molar-refractivity contribution in [3.63, 3.8) is 0 Å². The van der Waals surface area contributed by atoms with Crippen molar-refractivity contribution in [1.29, 1.82) is 0 Å². The molecule has 100 valence electrons. The van der Waals surface area contributed by atoms with Crippen LogP contribution in [0.3, 0.4) is 0 Å². The Hall–Kier alpha value is -0.840. The molecule has 1 amide bonds. The van der Waals surface area contributed by atoms with E-state index in [1.54, 1.807) is 13.0 Å². The molecule has 1 heterocycles. The minimum absolute atomic E-state index is 0.129. The number of nitrogens with zero attached hydrogens (tertiary/aromatic N) is 1. The lowest BCUT2D eigenvalue weighted by molar-refractivity contribution is 0.0865. The first kappa shape index (κ1) is 13.6. The van der Waals surface area contributed by atoms with Crippen LogP contribution in [0.15, 0.2) is 10.6 Å². The van der Waals surface area contributed by atoms with Gasteiger partial charge in [0.1, 0.15) is 5.76 Å². The van der Waals surface area contributed by atoms with Gasteiger partial charge in [0.05, 0.1) is 5.54 Å². The average Bonchev–Trinajstić information content (AvgIpc) is 2.79. The fourth-order valence-electron chi connectivity index (χ4n) is 2.39. The number of carbonyl (C=O) groups is 1. The van der Waals surface area contributed by atoms with Crippen molar-refractivity contribution in [3.8, 4) is 0 Å². The highest BCUT2D eigenvalue weighted by atomic mass is 79.9. The first-order valence-electron chi connectivity index (χ1n) is 6.36. The van der Waals surface area contributed by atoms with Gasteiger partial charge in [-0.05, 0) is 38.5 Å². The Morgan fingerprint density at radius 3 is 2.78 bits per heavy atom. The zero-order chi connectivity index (χ0) is 13.2. The lowest BCUT2D eigenvalue weighted by Crippen LogP contribution is -2.52. The number of hydrogen-bond donors (Lipinski definition) is 1. The van der Waals surface area contributed by atoms with Gasteiger partial charge >= 0.3 is 0 Å². The zero-order valence-corrected chi connectivity index (χ0v) is 12.4. The second-order valence-electron chi connectivity index (χ2n) is 5.37. The van der Waals surface area contributed by atoms with Crippen LogP contribution in [0.4, 0.5) is 0 Å². The molecule has 0 atom stereocenters. The molecule has 0 unspecified atom stereocenters. The van der Waals surface area contributed by atoms with Crippen molar-refractivity contribution < 1.29 is 9.32 Å². The van der Waals surface area contributed by atoms with E-state index >= 15 is 0 Å². The first-order valence-corrected chi connectivity index (χ1v) is 7.49. The maximum atomic E-state index is 12.1. The van der Waals surface area contributed by atoms with E-state index in [4.69, 9.17) is 4.52 Å². The van der Waals surface area contributed by atoms with E-state index in [1.807, 2.05) is 0 Å². The molecule has 0 radical (unpaired) electrons. The predicted octanol–water partition coefficient (Wildman–Crippen LogP) is 3.06. The highest BCUT2D eigenvalue weighted by molar-refractivity contribution is 9.09. The summed E-state index contributed by atoms with van der Waals surface area (Å²) in [5, 5.41) is 7.67. The average molecular weight is 315 g/mol. The molecule has 1 N–H and O–H groups in total. The van der Waals surface area contributed by atoms with Crippen LogP contribution < -0.4 is 5.32 Å². The number of nitrogens with one attached hydrogen (secondary N) is 1. The van der Waals surface area contributed by atoms with Crippen molar-refractivity contribution in [2.75, 3.05) is 5.33 Å². The summed E-state index contributed by atoms with van der Waals surface area (Å²) in [5.74, 6) is 1.27. The molecule has 4 nitrogen and oxygen atoms in total. The summed E-state index contributed by atoms with van der Waals surface area (Å²) in [6.07, 6.45) is 4.34. The Bertz CT molecular complexity index is 422. The molecule has 0 saturated heterocycles. The summed E-state index contributed by atoms with van der Waals surface area (Å²) in [6.45, 7) is 4.05.